The fourth-order valence-electron chi connectivity index (χ4n) is 2.49. The van der Waals surface area contributed by atoms with Gasteiger partial charge in [-0.15, -0.1) is 0 Å². The lowest BCUT2D eigenvalue weighted by atomic mass is 10.0. The van der Waals surface area contributed by atoms with Gasteiger partial charge < -0.3 is 14.6 Å². The van der Waals surface area contributed by atoms with Gasteiger partial charge in [-0.25, -0.2) is 0 Å². The molecule has 3 heterocycles. The van der Waals surface area contributed by atoms with Crippen molar-refractivity contribution in [1.82, 2.24) is 15.5 Å². The van der Waals surface area contributed by atoms with Gasteiger partial charge in [0.25, 0.3) is 0 Å². The molecule has 0 aliphatic carbocycles. The molecule has 3 atom stereocenters. The second-order valence-electron chi connectivity index (χ2n) is 4.39. The van der Waals surface area contributed by atoms with E-state index in [1.165, 1.54) is 0 Å². The molecule has 0 bridgehead atoms. The third kappa shape index (κ3) is 1.77. The number of rotatable bonds is 2. The molecule has 2 aliphatic rings. The Bertz CT molecular complexity index is 340. The summed E-state index contributed by atoms with van der Waals surface area (Å²) in [6, 6.07) is 0. The average molecular weight is 209 g/mol. The molecule has 5 nitrogen and oxygen atoms in total. The quantitative estimate of drug-likeness (QED) is 0.759. The van der Waals surface area contributed by atoms with Crippen LogP contribution in [0, 0.1) is 12.8 Å². The highest BCUT2D eigenvalue weighted by atomic mass is 16.5. The summed E-state index contributed by atoms with van der Waals surface area (Å²) >= 11 is 0. The molecule has 1 aromatic rings. The van der Waals surface area contributed by atoms with E-state index in [1.54, 1.807) is 0 Å². The molecule has 0 unspecified atom stereocenters. The Morgan fingerprint density at radius 3 is 3.13 bits per heavy atom. The topological polar surface area (TPSA) is 60.2 Å². The molecule has 1 aromatic heterocycles. The van der Waals surface area contributed by atoms with Gasteiger partial charge in [0.2, 0.25) is 5.89 Å². The Labute approximate surface area is 88.2 Å². The predicted molar refractivity (Wildman–Crippen MR) is 52.4 cm³/mol. The Hall–Kier alpha value is -0.940. The van der Waals surface area contributed by atoms with Crippen molar-refractivity contribution in [2.75, 3.05) is 13.1 Å². The predicted octanol–water partition coefficient (Wildman–Crippen LogP) is 0.297. The first-order chi connectivity index (χ1) is 7.31. The number of nitrogens with one attached hydrogen (secondary N) is 1. The largest absolute Gasteiger partial charge is 0.373 e. The van der Waals surface area contributed by atoms with Gasteiger partial charge in [-0.3, -0.25) is 0 Å². The van der Waals surface area contributed by atoms with Crippen molar-refractivity contribution in [3.05, 3.63) is 11.7 Å². The third-order valence-corrected chi connectivity index (χ3v) is 3.18. The van der Waals surface area contributed by atoms with Crippen molar-refractivity contribution in [1.29, 1.82) is 0 Å². The van der Waals surface area contributed by atoms with Crippen LogP contribution in [-0.4, -0.2) is 35.4 Å². The number of aryl methyl sites for hydroxylation is 1. The maximum Gasteiger partial charge on any atom is 0.229 e. The van der Waals surface area contributed by atoms with E-state index in [-0.39, 0.29) is 6.10 Å². The molecule has 0 radical (unpaired) electrons. The van der Waals surface area contributed by atoms with E-state index in [9.17, 15) is 0 Å². The van der Waals surface area contributed by atoms with E-state index in [0.717, 1.165) is 25.9 Å². The molecule has 82 valence electrons. The van der Waals surface area contributed by atoms with Crippen LogP contribution in [0.3, 0.4) is 0 Å². The summed E-state index contributed by atoms with van der Waals surface area (Å²) in [6.07, 6.45) is 2.54. The summed E-state index contributed by atoms with van der Waals surface area (Å²) in [4.78, 5) is 4.19. The van der Waals surface area contributed by atoms with E-state index in [0.29, 0.717) is 23.7 Å². The highest BCUT2D eigenvalue weighted by Crippen LogP contribution is 2.30. The Balaban J connectivity index is 1.61. The summed E-state index contributed by atoms with van der Waals surface area (Å²) in [5.74, 6) is 2.08. The molecule has 1 N–H and O–H groups in total. The van der Waals surface area contributed by atoms with Crippen LogP contribution in [-0.2, 0) is 11.2 Å². The molecular formula is C10H15N3O2. The molecular weight excluding hydrogens is 194 g/mol. The van der Waals surface area contributed by atoms with E-state index in [1.807, 2.05) is 6.92 Å². The van der Waals surface area contributed by atoms with Gasteiger partial charge in [0, 0.05) is 19.0 Å². The molecule has 2 saturated heterocycles. The van der Waals surface area contributed by atoms with Crippen LogP contribution in [0.4, 0.5) is 0 Å². The summed E-state index contributed by atoms with van der Waals surface area (Å²) in [6.45, 7) is 3.91. The summed E-state index contributed by atoms with van der Waals surface area (Å²) < 4.78 is 11.0. The zero-order valence-electron chi connectivity index (χ0n) is 8.77. The van der Waals surface area contributed by atoms with Crippen LogP contribution >= 0.6 is 0 Å². The zero-order valence-corrected chi connectivity index (χ0v) is 8.77. The fourth-order valence-corrected chi connectivity index (χ4v) is 2.49. The lowest BCUT2D eigenvalue weighted by molar-refractivity contribution is 0.0442. The first kappa shape index (κ1) is 9.30. The van der Waals surface area contributed by atoms with E-state index in [2.05, 4.69) is 15.5 Å². The minimum Gasteiger partial charge on any atom is -0.373 e. The number of nitrogens with zero attached hydrogens (tertiary/aromatic N) is 2. The van der Waals surface area contributed by atoms with Gasteiger partial charge in [-0.1, -0.05) is 5.16 Å². The van der Waals surface area contributed by atoms with Gasteiger partial charge in [0.1, 0.15) is 0 Å². The van der Waals surface area contributed by atoms with Crippen LogP contribution in [0.1, 0.15) is 18.1 Å². The summed E-state index contributed by atoms with van der Waals surface area (Å²) in [5, 5.41) is 7.11. The van der Waals surface area contributed by atoms with E-state index >= 15 is 0 Å². The van der Waals surface area contributed by atoms with Crippen molar-refractivity contribution in [3.63, 3.8) is 0 Å². The molecule has 0 spiro atoms. The lowest BCUT2D eigenvalue weighted by Gasteiger charge is -2.09. The summed E-state index contributed by atoms with van der Waals surface area (Å²) in [7, 11) is 0. The first-order valence-corrected chi connectivity index (χ1v) is 5.46. The standard InChI is InChI=1S/C10H15N3O2/c1-6-12-10(15-13-6)3-8-2-7-4-11-5-9(7)14-8/h7-9,11H,2-5H2,1H3/t7-,8-,9+/m0/s1. The maximum absolute atomic E-state index is 5.91. The van der Waals surface area contributed by atoms with Gasteiger partial charge >= 0.3 is 0 Å². The Morgan fingerprint density at radius 2 is 2.40 bits per heavy atom. The molecule has 0 amide bonds. The van der Waals surface area contributed by atoms with Crippen molar-refractivity contribution >= 4 is 0 Å². The summed E-state index contributed by atoms with van der Waals surface area (Å²) in [5.41, 5.74) is 0. The van der Waals surface area contributed by atoms with Gasteiger partial charge in [0.15, 0.2) is 5.82 Å². The third-order valence-electron chi connectivity index (χ3n) is 3.18. The monoisotopic (exact) mass is 209 g/mol. The van der Waals surface area contributed by atoms with Gasteiger partial charge in [-0.2, -0.15) is 4.98 Å². The molecule has 15 heavy (non-hydrogen) atoms. The maximum atomic E-state index is 5.91. The SMILES string of the molecule is Cc1noc(C[C@@H]2C[C@H]3CNC[C@H]3O2)n1. The fraction of sp³-hybridized carbons (Fsp3) is 0.800. The number of ether oxygens (including phenoxy) is 1. The molecule has 2 aliphatic heterocycles. The van der Waals surface area contributed by atoms with Crippen LogP contribution in [0.25, 0.3) is 0 Å². The normalized spacial score (nSPS) is 34.6. The second-order valence-corrected chi connectivity index (χ2v) is 4.39. The van der Waals surface area contributed by atoms with Crippen LogP contribution < -0.4 is 5.32 Å². The van der Waals surface area contributed by atoms with Crippen molar-refractivity contribution in [2.45, 2.75) is 32.0 Å². The number of fused-ring (bicyclic) bond motifs is 1. The Morgan fingerprint density at radius 1 is 1.47 bits per heavy atom. The molecule has 0 saturated carbocycles. The highest BCUT2D eigenvalue weighted by Gasteiger charge is 2.38. The number of aromatic nitrogens is 2. The number of hydrogen-bond donors (Lipinski definition) is 1. The van der Waals surface area contributed by atoms with E-state index in [4.69, 9.17) is 9.26 Å². The van der Waals surface area contributed by atoms with Gasteiger partial charge in [-0.05, 0) is 13.3 Å². The minimum absolute atomic E-state index is 0.266. The molecule has 2 fully saturated rings. The second kappa shape index (κ2) is 3.57. The smallest absolute Gasteiger partial charge is 0.229 e. The van der Waals surface area contributed by atoms with Crippen molar-refractivity contribution in [2.24, 2.45) is 5.92 Å². The average Bonchev–Trinajstić information content (AvgIpc) is 2.81. The molecule has 3 rings (SSSR count). The van der Waals surface area contributed by atoms with Crippen molar-refractivity contribution in [3.8, 4) is 0 Å². The van der Waals surface area contributed by atoms with Crippen LogP contribution in [0.15, 0.2) is 4.52 Å². The number of hydrogen-bond acceptors (Lipinski definition) is 5. The highest BCUT2D eigenvalue weighted by molar-refractivity contribution is 4.94. The minimum atomic E-state index is 0.266. The van der Waals surface area contributed by atoms with Crippen LogP contribution in [0.2, 0.25) is 0 Å². The molecule has 5 heteroatoms. The Kier molecular flexibility index (Phi) is 2.21. The molecule has 0 aromatic carbocycles. The van der Waals surface area contributed by atoms with E-state index < -0.39 is 0 Å². The lowest BCUT2D eigenvalue weighted by Crippen LogP contribution is -2.20. The van der Waals surface area contributed by atoms with Gasteiger partial charge in [0.05, 0.1) is 18.6 Å². The van der Waals surface area contributed by atoms with Crippen molar-refractivity contribution < 1.29 is 9.26 Å². The first-order valence-electron chi connectivity index (χ1n) is 5.46. The zero-order chi connectivity index (χ0) is 10.3. The van der Waals surface area contributed by atoms with Crippen LogP contribution in [0.5, 0.6) is 0 Å².